The Morgan fingerprint density at radius 3 is 2.60 bits per heavy atom. The molecule has 0 aromatic heterocycles. The molecule has 6 heteroatoms. The highest BCUT2D eigenvalue weighted by molar-refractivity contribution is 7.90. The van der Waals surface area contributed by atoms with Crippen LogP contribution in [0.15, 0.2) is 0 Å². The lowest BCUT2D eigenvalue weighted by Crippen LogP contribution is -2.55. The van der Waals surface area contributed by atoms with E-state index in [-0.39, 0.29) is 5.75 Å². The Morgan fingerprint density at radius 2 is 2.07 bits per heavy atom. The largest absolute Gasteiger partial charge is 0.329 e. The van der Waals surface area contributed by atoms with Crippen molar-refractivity contribution in [1.82, 2.24) is 9.80 Å². The SMILES string of the molecule is CN1CCN(CCS(C)(=O)=O)C(CN)C1. The van der Waals surface area contributed by atoms with Gasteiger partial charge in [0.15, 0.2) is 0 Å². The molecule has 1 saturated heterocycles. The van der Waals surface area contributed by atoms with Gasteiger partial charge in [-0.2, -0.15) is 0 Å². The van der Waals surface area contributed by atoms with E-state index in [1.165, 1.54) is 6.26 Å². The van der Waals surface area contributed by atoms with Crippen molar-refractivity contribution in [2.45, 2.75) is 6.04 Å². The molecule has 0 radical (unpaired) electrons. The van der Waals surface area contributed by atoms with Crippen LogP contribution in [-0.2, 0) is 9.84 Å². The molecule has 1 aliphatic rings. The van der Waals surface area contributed by atoms with Gasteiger partial charge in [0.05, 0.1) is 5.75 Å². The average Bonchev–Trinajstić information content (AvgIpc) is 2.14. The highest BCUT2D eigenvalue weighted by atomic mass is 32.2. The van der Waals surface area contributed by atoms with E-state index in [9.17, 15) is 8.42 Å². The fraction of sp³-hybridized carbons (Fsp3) is 1.00. The molecule has 0 saturated carbocycles. The van der Waals surface area contributed by atoms with Crippen molar-refractivity contribution in [2.75, 3.05) is 51.8 Å². The zero-order valence-electron chi connectivity index (χ0n) is 9.52. The van der Waals surface area contributed by atoms with E-state index in [4.69, 9.17) is 5.73 Å². The van der Waals surface area contributed by atoms with Gasteiger partial charge in [-0.15, -0.1) is 0 Å². The van der Waals surface area contributed by atoms with Gasteiger partial charge < -0.3 is 10.6 Å². The van der Waals surface area contributed by atoms with Crippen LogP contribution in [0, 0.1) is 0 Å². The summed E-state index contributed by atoms with van der Waals surface area (Å²) >= 11 is 0. The summed E-state index contributed by atoms with van der Waals surface area (Å²) in [5.74, 6) is 0.229. The van der Waals surface area contributed by atoms with E-state index in [0.717, 1.165) is 19.6 Å². The molecule has 1 unspecified atom stereocenters. The Labute approximate surface area is 92.1 Å². The molecule has 1 fully saturated rings. The highest BCUT2D eigenvalue weighted by Gasteiger charge is 2.24. The van der Waals surface area contributed by atoms with Crippen LogP contribution in [0.5, 0.6) is 0 Å². The van der Waals surface area contributed by atoms with Crippen LogP contribution in [0.3, 0.4) is 0 Å². The maximum absolute atomic E-state index is 11.1. The van der Waals surface area contributed by atoms with Crippen LogP contribution in [-0.4, -0.2) is 76.0 Å². The van der Waals surface area contributed by atoms with Gasteiger partial charge in [-0.25, -0.2) is 8.42 Å². The standard InChI is InChI=1S/C9H21N3O2S/c1-11-3-4-12(9(7-10)8-11)5-6-15(2,13)14/h9H,3-8,10H2,1-2H3. The first-order valence-corrected chi connectivity index (χ1v) is 7.29. The third-order valence-corrected chi connectivity index (χ3v) is 3.75. The second-order valence-electron chi connectivity index (χ2n) is 4.32. The summed E-state index contributed by atoms with van der Waals surface area (Å²) in [5, 5.41) is 0. The summed E-state index contributed by atoms with van der Waals surface area (Å²) in [4.78, 5) is 4.41. The lowest BCUT2D eigenvalue weighted by molar-refractivity contribution is 0.100. The Balaban J connectivity index is 2.46. The number of nitrogens with two attached hydrogens (primary N) is 1. The maximum atomic E-state index is 11.1. The number of nitrogens with zero attached hydrogens (tertiary/aromatic N) is 2. The molecule has 15 heavy (non-hydrogen) atoms. The second kappa shape index (κ2) is 5.25. The number of piperazine rings is 1. The predicted octanol–water partition coefficient (Wildman–Crippen LogP) is -1.39. The van der Waals surface area contributed by atoms with Crippen LogP contribution >= 0.6 is 0 Å². The lowest BCUT2D eigenvalue weighted by atomic mass is 10.2. The number of rotatable bonds is 4. The van der Waals surface area contributed by atoms with Gasteiger partial charge in [0, 0.05) is 45.0 Å². The molecule has 0 aromatic rings. The monoisotopic (exact) mass is 235 g/mol. The minimum Gasteiger partial charge on any atom is -0.329 e. The second-order valence-corrected chi connectivity index (χ2v) is 6.58. The van der Waals surface area contributed by atoms with E-state index >= 15 is 0 Å². The number of likely N-dealkylation sites (N-methyl/N-ethyl adjacent to an activating group) is 1. The molecular weight excluding hydrogens is 214 g/mol. The fourth-order valence-corrected chi connectivity index (χ4v) is 2.42. The van der Waals surface area contributed by atoms with E-state index in [0.29, 0.717) is 19.1 Å². The normalized spacial score (nSPS) is 25.7. The van der Waals surface area contributed by atoms with Crippen LogP contribution in [0.25, 0.3) is 0 Å². The van der Waals surface area contributed by atoms with Crippen molar-refractivity contribution in [2.24, 2.45) is 5.73 Å². The Bertz CT molecular complexity index is 292. The maximum Gasteiger partial charge on any atom is 0.148 e. The molecule has 0 spiro atoms. The van der Waals surface area contributed by atoms with Gasteiger partial charge in [-0.1, -0.05) is 0 Å². The third-order valence-electron chi connectivity index (χ3n) is 2.83. The number of hydrogen-bond acceptors (Lipinski definition) is 5. The number of sulfone groups is 1. The molecule has 1 atom stereocenters. The minimum atomic E-state index is -2.86. The first kappa shape index (κ1) is 12.9. The molecule has 5 nitrogen and oxygen atoms in total. The van der Waals surface area contributed by atoms with Crippen LogP contribution in [0.2, 0.25) is 0 Å². The van der Waals surface area contributed by atoms with Crippen molar-refractivity contribution in [3.8, 4) is 0 Å². The first-order valence-electron chi connectivity index (χ1n) is 5.23. The smallest absolute Gasteiger partial charge is 0.148 e. The van der Waals surface area contributed by atoms with Crippen molar-refractivity contribution in [3.05, 3.63) is 0 Å². The van der Waals surface area contributed by atoms with Gasteiger partial charge in [-0.3, -0.25) is 4.90 Å². The van der Waals surface area contributed by atoms with Crippen LogP contribution in [0.1, 0.15) is 0 Å². The third kappa shape index (κ3) is 4.46. The Morgan fingerprint density at radius 1 is 1.40 bits per heavy atom. The molecular formula is C9H21N3O2S. The van der Waals surface area contributed by atoms with E-state index < -0.39 is 9.84 Å². The van der Waals surface area contributed by atoms with Gasteiger partial charge in [0.1, 0.15) is 9.84 Å². The van der Waals surface area contributed by atoms with Crippen LogP contribution in [0.4, 0.5) is 0 Å². The summed E-state index contributed by atoms with van der Waals surface area (Å²) < 4.78 is 22.1. The van der Waals surface area contributed by atoms with Crippen molar-refractivity contribution in [1.29, 1.82) is 0 Å². The van der Waals surface area contributed by atoms with Crippen molar-refractivity contribution < 1.29 is 8.42 Å². The van der Waals surface area contributed by atoms with Crippen molar-refractivity contribution >= 4 is 9.84 Å². The van der Waals surface area contributed by atoms with Crippen molar-refractivity contribution in [3.63, 3.8) is 0 Å². The highest BCUT2D eigenvalue weighted by Crippen LogP contribution is 2.07. The minimum absolute atomic E-state index is 0.229. The average molecular weight is 235 g/mol. The molecule has 0 aromatic carbocycles. The van der Waals surface area contributed by atoms with Gasteiger partial charge >= 0.3 is 0 Å². The van der Waals surface area contributed by atoms with E-state index in [1.54, 1.807) is 0 Å². The Hall–Kier alpha value is -0.170. The summed E-state index contributed by atoms with van der Waals surface area (Å²) in [6.45, 7) is 4.02. The van der Waals surface area contributed by atoms with Gasteiger partial charge in [0.25, 0.3) is 0 Å². The molecule has 0 bridgehead atoms. The van der Waals surface area contributed by atoms with Gasteiger partial charge in [-0.05, 0) is 7.05 Å². The quantitative estimate of drug-likeness (QED) is 0.649. The Kier molecular flexibility index (Phi) is 4.51. The van der Waals surface area contributed by atoms with Gasteiger partial charge in [0.2, 0.25) is 0 Å². The fourth-order valence-electron chi connectivity index (χ4n) is 1.85. The predicted molar refractivity (Wildman–Crippen MR) is 61.6 cm³/mol. The number of hydrogen-bond donors (Lipinski definition) is 1. The lowest BCUT2D eigenvalue weighted by Gasteiger charge is -2.39. The van der Waals surface area contributed by atoms with E-state index in [2.05, 4.69) is 16.8 Å². The molecule has 1 aliphatic heterocycles. The summed E-state index contributed by atoms with van der Waals surface area (Å²) in [5.41, 5.74) is 5.68. The molecule has 90 valence electrons. The van der Waals surface area contributed by atoms with E-state index in [1.807, 2.05) is 0 Å². The van der Waals surface area contributed by atoms with Crippen LogP contribution < -0.4 is 5.73 Å². The summed E-state index contributed by atoms with van der Waals surface area (Å²) in [7, 11) is -0.799. The zero-order chi connectivity index (χ0) is 11.5. The topological polar surface area (TPSA) is 66.6 Å². The summed E-state index contributed by atoms with van der Waals surface area (Å²) in [6.07, 6.45) is 1.28. The summed E-state index contributed by atoms with van der Waals surface area (Å²) in [6, 6.07) is 0.297. The molecule has 2 N–H and O–H groups in total. The molecule has 0 aliphatic carbocycles. The molecule has 0 amide bonds. The molecule has 1 heterocycles. The first-order chi connectivity index (χ1) is 6.92. The molecule has 1 rings (SSSR count). The zero-order valence-corrected chi connectivity index (χ0v) is 10.3.